The van der Waals surface area contributed by atoms with E-state index in [1.807, 2.05) is 42.3 Å². The molecule has 0 N–H and O–H groups in total. The second-order valence-electron chi connectivity index (χ2n) is 8.93. The number of hydrogen-bond acceptors (Lipinski definition) is 5. The Morgan fingerprint density at radius 1 is 1.18 bits per heavy atom. The second kappa shape index (κ2) is 11.4. The van der Waals surface area contributed by atoms with Crippen molar-refractivity contribution < 1.29 is 9.53 Å². The van der Waals surface area contributed by atoms with Crippen molar-refractivity contribution in [2.24, 2.45) is 5.92 Å². The Kier molecular flexibility index (Phi) is 8.13. The predicted molar refractivity (Wildman–Crippen MR) is 134 cm³/mol. The fourth-order valence-electron chi connectivity index (χ4n) is 4.24. The van der Waals surface area contributed by atoms with Crippen LogP contribution in [0.1, 0.15) is 38.6 Å². The van der Waals surface area contributed by atoms with E-state index in [-0.39, 0.29) is 5.91 Å². The van der Waals surface area contributed by atoms with Gasteiger partial charge in [0.2, 0.25) is 0 Å². The lowest BCUT2D eigenvalue weighted by molar-refractivity contribution is 0.0638. The first kappa shape index (κ1) is 23.5. The molecular weight excluding hydrogens is 430 g/mol. The molecule has 0 spiro atoms. The summed E-state index contributed by atoms with van der Waals surface area (Å²) in [5, 5.41) is 0. The number of likely N-dealkylation sites (N-methyl/N-ethyl adjacent to an activating group) is 1. The first-order chi connectivity index (χ1) is 16.1. The summed E-state index contributed by atoms with van der Waals surface area (Å²) >= 11 is 1.58. The molecule has 3 heterocycles. The Bertz CT molecular complexity index is 1020. The largest absolute Gasteiger partial charge is 0.493 e. The first-order valence-electron chi connectivity index (χ1n) is 11.7. The summed E-state index contributed by atoms with van der Waals surface area (Å²) in [4.78, 5) is 23.5. The van der Waals surface area contributed by atoms with E-state index < -0.39 is 0 Å². The highest BCUT2D eigenvalue weighted by atomic mass is 32.1. The Morgan fingerprint density at radius 2 is 2.03 bits per heavy atom. The molecule has 4 rings (SSSR count). The van der Waals surface area contributed by atoms with Gasteiger partial charge in [-0.05, 0) is 68.8 Å². The highest BCUT2D eigenvalue weighted by molar-refractivity contribution is 7.13. The molecule has 6 heteroatoms. The minimum absolute atomic E-state index is 0.161. The van der Waals surface area contributed by atoms with Gasteiger partial charge in [0.05, 0.1) is 11.5 Å². The Balaban J connectivity index is 1.21. The molecule has 33 heavy (non-hydrogen) atoms. The van der Waals surface area contributed by atoms with Gasteiger partial charge in [-0.2, -0.15) is 0 Å². The molecule has 1 aromatic carbocycles. The van der Waals surface area contributed by atoms with Crippen molar-refractivity contribution in [1.82, 2.24) is 14.8 Å². The molecule has 1 amide bonds. The molecule has 1 saturated heterocycles. The molecule has 1 fully saturated rings. The molecule has 0 unspecified atom stereocenters. The van der Waals surface area contributed by atoms with Gasteiger partial charge in [0, 0.05) is 55.3 Å². The van der Waals surface area contributed by atoms with Gasteiger partial charge in [0.1, 0.15) is 5.75 Å². The predicted octanol–water partition coefficient (Wildman–Crippen LogP) is 5.06. The zero-order valence-corrected chi connectivity index (χ0v) is 20.4. The topological polar surface area (TPSA) is 45.7 Å². The van der Waals surface area contributed by atoms with Crippen molar-refractivity contribution in [2.45, 2.75) is 32.7 Å². The number of thiophene rings is 1. The van der Waals surface area contributed by atoms with Crippen molar-refractivity contribution >= 4 is 17.2 Å². The van der Waals surface area contributed by atoms with Gasteiger partial charge in [-0.1, -0.05) is 18.2 Å². The van der Waals surface area contributed by atoms with E-state index >= 15 is 0 Å². The normalized spacial score (nSPS) is 16.2. The highest BCUT2D eigenvalue weighted by Gasteiger charge is 2.25. The van der Waals surface area contributed by atoms with Crippen LogP contribution in [-0.4, -0.2) is 54.0 Å². The smallest absolute Gasteiger partial charge is 0.263 e. The Hall–Kier alpha value is -2.70. The molecule has 2 aromatic heterocycles. The van der Waals surface area contributed by atoms with E-state index in [0.717, 1.165) is 61.8 Å². The van der Waals surface area contributed by atoms with Crippen LogP contribution in [0.25, 0.3) is 0 Å². The number of benzene rings is 1. The van der Waals surface area contributed by atoms with E-state index in [2.05, 4.69) is 47.3 Å². The maximum atomic E-state index is 12.8. The SMILES string of the molecule is Cc1ccc(C(=O)N2CCC[C@H](COc3ccc(CN(C)CCc4ccccn4)cc3)C2)s1. The van der Waals surface area contributed by atoms with E-state index in [4.69, 9.17) is 4.74 Å². The standard InChI is InChI=1S/C27H33N3O2S/c1-21-8-13-26(33-21)27(31)30-16-5-6-23(19-30)20-32-25-11-9-22(10-12-25)18-29(2)17-14-24-7-3-4-15-28-24/h3-4,7-13,15,23H,5-6,14,16-20H2,1-2H3/t23-/m0/s1. The van der Waals surface area contributed by atoms with Crippen LogP contribution < -0.4 is 4.74 Å². The number of piperidine rings is 1. The van der Waals surface area contributed by atoms with Crippen molar-refractivity contribution in [1.29, 1.82) is 0 Å². The lowest BCUT2D eigenvalue weighted by Gasteiger charge is -2.32. The number of likely N-dealkylation sites (tertiary alicyclic amines) is 1. The summed E-state index contributed by atoms with van der Waals surface area (Å²) in [7, 11) is 2.14. The average Bonchev–Trinajstić information content (AvgIpc) is 3.29. The van der Waals surface area contributed by atoms with Gasteiger partial charge >= 0.3 is 0 Å². The Labute approximate surface area is 201 Å². The van der Waals surface area contributed by atoms with Crippen LogP contribution in [0.15, 0.2) is 60.8 Å². The van der Waals surface area contributed by atoms with Crippen LogP contribution in [0.3, 0.4) is 0 Å². The molecule has 0 saturated carbocycles. The number of carbonyl (C=O) groups excluding carboxylic acids is 1. The van der Waals surface area contributed by atoms with E-state index in [1.165, 1.54) is 10.4 Å². The molecule has 174 valence electrons. The third-order valence-electron chi connectivity index (χ3n) is 6.09. The minimum Gasteiger partial charge on any atom is -0.493 e. The average molecular weight is 464 g/mol. The molecule has 0 radical (unpaired) electrons. The monoisotopic (exact) mass is 463 g/mol. The van der Waals surface area contributed by atoms with E-state index in [9.17, 15) is 4.79 Å². The molecule has 0 bridgehead atoms. The van der Waals surface area contributed by atoms with Gasteiger partial charge in [-0.25, -0.2) is 0 Å². The second-order valence-corrected chi connectivity index (χ2v) is 10.2. The van der Waals surface area contributed by atoms with Gasteiger partial charge < -0.3 is 14.5 Å². The molecule has 3 aromatic rings. The van der Waals surface area contributed by atoms with Gasteiger partial charge in [0.25, 0.3) is 5.91 Å². The van der Waals surface area contributed by atoms with Crippen molar-refractivity contribution in [3.05, 3.63) is 81.8 Å². The van der Waals surface area contributed by atoms with Crippen LogP contribution >= 0.6 is 11.3 Å². The molecular formula is C27H33N3O2S. The number of pyridine rings is 1. The number of ether oxygens (including phenoxy) is 1. The van der Waals surface area contributed by atoms with Gasteiger partial charge in [0.15, 0.2) is 0 Å². The number of rotatable bonds is 9. The number of hydrogen-bond donors (Lipinski definition) is 0. The van der Waals surface area contributed by atoms with Crippen LogP contribution in [-0.2, 0) is 13.0 Å². The molecule has 5 nitrogen and oxygen atoms in total. The summed E-state index contributed by atoms with van der Waals surface area (Å²) < 4.78 is 6.09. The maximum absolute atomic E-state index is 12.8. The summed E-state index contributed by atoms with van der Waals surface area (Å²) in [6.45, 7) is 6.17. The molecule has 1 atom stereocenters. The zero-order chi connectivity index (χ0) is 23.0. The Morgan fingerprint density at radius 3 is 2.76 bits per heavy atom. The lowest BCUT2D eigenvalue weighted by atomic mass is 9.99. The van der Waals surface area contributed by atoms with Crippen molar-refractivity contribution in [2.75, 3.05) is 33.3 Å². The third-order valence-corrected chi connectivity index (χ3v) is 7.08. The third kappa shape index (κ3) is 6.89. The lowest BCUT2D eigenvalue weighted by Crippen LogP contribution is -2.41. The van der Waals surface area contributed by atoms with E-state index in [1.54, 1.807) is 11.3 Å². The van der Waals surface area contributed by atoms with Gasteiger partial charge in [-0.3, -0.25) is 9.78 Å². The summed E-state index contributed by atoms with van der Waals surface area (Å²) in [5.41, 5.74) is 2.40. The van der Waals surface area contributed by atoms with Gasteiger partial charge in [-0.15, -0.1) is 11.3 Å². The van der Waals surface area contributed by atoms with E-state index in [0.29, 0.717) is 12.5 Å². The quantitative estimate of drug-likeness (QED) is 0.445. The number of amides is 1. The number of aromatic nitrogens is 1. The van der Waals surface area contributed by atoms with Crippen molar-refractivity contribution in [3.8, 4) is 5.75 Å². The zero-order valence-electron chi connectivity index (χ0n) is 19.6. The number of carbonyl (C=O) groups is 1. The van der Waals surface area contributed by atoms with Crippen LogP contribution in [0.2, 0.25) is 0 Å². The summed E-state index contributed by atoms with van der Waals surface area (Å²) in [6, 6.07) is 18.4. The minimum atomic E-state index is 0.161. The number of nitrogens with zero attached hydrogens (tertiary/aromatic N) is 3. The van der Waals surface area contributed by atoms with Crippen molar-refractivity contribution in [3.63, 3.8) is 0 Å². The summed E-state index contributed by atoms with van der Waals surface area (Å²) in [6.07, 6.45) is 4.94. The highest BCUT2D eigenvalue weighted by Crippen LogP contribution is 2.23. The van der Waals surface area contributed by atoms with Crippen LogP contribution in [0, 0.1) is 12.8 Å². The van der Waals surface area contributed by atoms with Crippen LogP contribution in [0.5, 0.6) is 5.75 Å². The molecule has 0 aliphatic carbocycles. The molecule has 1 aliphatic heterocycles. The maximum Gasteiger partial charge on any atom is 0.263 e. The first-order valence-corrected chi connectivity index (χ1v) is 12.5. The summed E-state index contributed by atoms with van der Waals surface area (Å²) in [5.74, 6) is 1.43. The van der Waals surface area contributed by atoms with Crippen LogP contribution in [0.4, 0.5) is 0 Å². The number of aryl methyl sites for hydroxylation is 1. The fourth-order valence-corrected chi connectivity index (χ4v) is 5.07. The molecule has 1 aliphatic rings. The fraction of sp³-hybridized carbons (Fsp3) is 0.407.